The Bertz CT molecular complexity index is 833. The summed E-state index contributed by atoms with van der Waals surface area (Å²) in [5.41, 5.74) is 6.05. The lowest BCUT2D eigenvalue weighted by molar-refractivity contribution is -0.130. The Morgan fingerprint density at radius 1 is 1.17 bits per heavy atom. The van der Waals surface area contributed by atoms with Crippen LogP contribution in [0.25, 0.3) is 0 Å². The summed E-state index contributed by atoms with van der Waals surface area (Å²) in [5.74, 6) is 3.47. The van der Waals surface area contributed by atoms with Crippen LogP contribution in [-0.2, 0) is 16.1 Å². The van der Waals surface area contributed by atoms with Gasteiger partial charge in [0, 0.05) is 26.2 Å². The highest BCUT2D eigenvalue weighted by molar-refractivity contribution is 5.96. The lowest BCUT2D eigenvalue weighted by Gasteiger charge is -2.54. The molecule has 0 aromatic carbocycles. The van der Waals surface area contributed by atoms with Crippen molar-refractivity contribution in [2.24, 2.45) is 35.3 Å². The fraction of sp³-hybridized carbons (Fsp3) is 0.800. The minimum absolute atomic E-state index is 0. The molecule has 198 valence electrons. The smallest absolute Gasteiger partial charge is 0.258 e. The first-order valence-corrected chi connectivity index (χ1v) is 12.9. The Hall–Kier alpha value is -1.84. The van der Waals surface area contributed by atoms with Crippen LogP contribution in [0, 0.1) is 29.6 Å². The van der Waals surface area contributed by atoms with Gasteiger partial charge in [0.15, 0.2) is 0 Å². The Morgan fingerprint density at radius 3 is 2.40 bits per heavy atom. The zero-order valence-electron chi connectivity index (χ0n) is 21.3. The van der Waals surface area contributed by atoms with Gasteiger partial charge in [-0.1, -0.05) is 13.8 Å². The summed E-state index contributed by atoms with van der Waals surface area (Å²) in [6.07, 6.45) is 7.99. The second-order valence-corrected chi connectivity index (χ2v) is 10.8. The molecule has 9 nitrogen and oxygen atoms in total. The largest absolute Gasteiger partial charge is 0.477 e. The van der Waals surface area contributed by atoms with E-state index in [2.05, 4.69) is 24.3 Å². The van der Waals surface area contributed by atoms with Crippen LogP contribution in [-0.4, -0.2) is 72.5 Å². The molecule has 0 atom stereocenters. The summed E-state index contributed by atoms with van der Waals surface area (Å²) in [4.78, 5) is 27.3. The number of carbonyl (C=O) groups excluding carboxylic acids is 2. The highest BCUT2D eigenvalue weighted by Gasteiger charge is 2.48. The zero-order valence-corrected chi connectivity index (χ0v) is 22.1. The molecule has 0 aliphatic heterocycles. The molecule has 0 unspecified atom stereocenters. The maximum absolute atomic E-state index is 13.4. The third-order valence-electron chi connectivity index (χ3n) is 7.79. The monoisotopic (exact) mass is 511 g/mol. The van der Waals surface area contributed by atoms with Crippen molar-refractivity contribution in [1.29, 1.82) is 0 Å². The number of rotatable bonds is 12. The highest BCUT2D eigenvalue weighted by atomic mass is 35.5. The topological polar surface area (TPSA) is 112 Å². The quantitative estimate of drug-likeness (QED) is 0.445. The van der Waals surface area contributed by atoms with E-state index in [0.29, 0.717) is 62.0 Å². The second kappa shape index (κ2) is 12.4. The van der Waals surface area contributed by atoms with Gasteiger partial charge in [0.1, 0.15) is 5.56 Å². The first-order valence-electron chi connectivity index (χ1n) is 12.9. The predicted octanol–water partition coefficient (Wildman–Crippen LogP) is 2.33. The molecule has 0 saturated heterocycles. The van der Waals surface area contributed by atoms with Gasteiger partial charge < -0.3 is 25.4 Å². The predicted molar refractivity (Wildman–Crippen MR) is 136 cm³/mol. The molecule has 0 spiro atoms. The summed E-state index contributed by atoms with van der Waals surface area (Å²) in [6, 6.07) is 0.258. The third kappa shape index (κ3) is 6.49. The number of hydrogen-bond acceptors (Lipinski definition) is 6. The van der Waals surface area contributed by atoms with E-state index in [4.69, 9.17) is 15.2 Å². The zero-order chi connectivity index (χ0) is 24.2. The maximum atomic E-state index is 13.4. The van der Waals surface area contributed by atoms with E-state index in [9.17, 15) is 9.59 Å². The van der Waals surface area contributed by atoms with Gasteiger partial charge in [0.2, 0.25) is 11.8 Å². The standard InChI is InChI=1S/C25H41N5O4.ClH/c1-16(2)15-34-25-21(14-27-30(25)5-4-29(6-7-33-3)22(31)13-26)24(32)28-23-19-9-17-8-18(11-19)12-20(23)10-17;/h14,16-20,23H,4-13,15,26H2,1-3H3,(H,28,32);1H. The van der Waals surface area contributed by atoms with E-state index in [0.717, 1.165) is 11.8 Å². The first-order chi connectivity index (χ1) is 16.4. The number of amides is 2. The fourth-order valence-electron chi connectivity index (χ4n) is 6.38. The Labute approximate surface area is 214 Å². The number of hydrogen-bond donors (Lipinski definition) is 2. The summed E-state index contributed by atoms with van der Waals surface area (Å²) in [7, 11) is 1.60. The number of methoxy groups -OCH3 is 1. The summed E-state index contributed by atoms with van der Waals surface area (Å²) in [6.45, 7) is 6.28. The number of aromatic nitrogens is 2. The molecule has 4 fully saturated rings. The molecule has 4 aliphatic carbocycles. The van der Waals surface area contributed by atoms with Crippen LogP contribution < -0.4 is 15.8 Å². The first kappa shape index (κ1) is 27.7. The molecule has 3 N–H and O–H groups in total. The average molecular weight is 512 g/mol. The minimum Gasteiger partial charge on any atom is -0.477 e. The van der Waals surface area contributed by atoms with Gasteiger partial charge >= 0.3 is 0 Å². The van der Waals surface area contributed by atoms with Gasteiger partial charge in [0.05, 0.1) is 32.5 Å². The van der Waals surface area contributed by atoms with Crippen LogP contribution in [0.15, 0.2) is 6.20 Å². The van der Waals surface area contributed by atoms with Gasteiger partial charge in [-0.25, -0.2) is 4.68 Å². The number of ether oxygens (including phenoxy) is 2. The van der Waals surface area contributed by atoms with Crippen LogP contribution >= 0.6 is 12.4 Å². The SMILES string of the molecule is COCCN(CCn1ncc(C(=O)NC2C3CC4CC(C3)CC2C4)c1OCC(C)C)C(=O)CN.Cl. The van der Waals surface area contributed by atoms with Crippen molar-refractivity contribution in [3.63, 3.8) is 0 Å². The molecule has 0 radical (unpaired) electrons. The van der Waals surface area contributed by atoms with Crippen molar-refractivity contribution >= 4 is 24.2 Å². The van der Waals surface area contributed by atoms with Gasteiger partial charge in [-0.15, -0.1) is 12.4 Å². The van der Waals surface area contributed by atoms with Crippen molar-refractivity contribution in [3.05, 3.63) is 11.8 Å². The molecule has 1 aromatic rings. The van der Waals surface area contributed by atoms with Crippen molar-refractivity contribution < 1.29 is 19.1 Å². The number of halogens is 1. The second-order valence-electron chi connectivity index (χ2n) is 10.8. The highest BCUT2D eigenvalue weighted by Crippen LogP contribution is 2.53. The molecule has 10 heteroatoms. The van der Waals surface area contributed by atoms with Crippen LogP contribution in [0.3, 0.4) is 0 Å². The van der Waals surface area contributed by atoms with Gasteiger partial charge in [0.25, 0.3) is 5.91 Å². The summed E-state index contributed by atoms with van der Waals surface area (Å²) < 4.78 is 12.9. The van der Waals surface area contributed by atoms with Crippen molar-refractivity contribution in [2.75, 3.05) is 40.0 Å². The molecule has 5 rings (SSSR count). The van der Waals surface area contributed by atoms with Crippen LogP contribution in [0.5, 0.6) is 5.88 Å². The third-order valence-corrected chi connectivity index (χ3v) is 7.79. The van der Waals surface area contributed by atoms with Crippen LogP contribution in [0.4, 0.5) is 0 Å². The van der Waals surface area contributed by atoms with E-state index in [1.54, 1.807) is 22.9 Å². The van der Waals surface area contributed by atoms with E-state index in [1.165, 1.54) is 32.1 Å². The molecule has 1 heterocycles. The molecule has 4 bridgehead atoms. The van der Waals surface area contributed by atoms with Gasteiger partial charge in [-0.3, -0.25) is 9.59 Å². The number of nitrogens with zero attached hydrogens (tertiary/aromatic N) is 3. The van der Waals surface area contributed by atoms with Crippen molar-refractivity contribution in [1.82, 2.24) is 20.0 Å². The molecule has 35 heavy (non-hydrogen) atoms. The molecular formula is C25H42ClN5O4. The molecular weight excluding hydrogens is 470 g/mol. The average Bonchev–Trinajstić information content (AvgIpc) is 3.22. The van der Waals surface area contributed by atoms with E-state index in [1.807, 2.05) is 0 Å². The van der Waals surface area contributed by atoms with E-state index < -0.39 is 0 Å². The van der Waals surface area contributed by atoms with E-state index >= 15 is 0 Å². The Balaban J connectivity index is 0.00000342. The Kier molecular flexibility index (Phi) is 9.84. The maximum Gasteiger partial charge on any atom is 0.258 e. The Morgan fingerprint density at radius 2 is 1.83 bits per heavy atom. The van der Waals surface area contributed by atoms with Gasteiger partial charge in [-0.05, 0) is 61.7 Å². The minimum atomic E-state index is -0.145. The van der Waals surface area contributed by atoms with E-state index in [-0.39, 0.29) is 36.8 Å². The lowest BCUT2D eigenvalue weighted by atomic mass is 9.54. The summed E-state index contributed by atoms with van der Waals surface area (Å²) in [5, 5.41) is 7.84. The molecule has 2 amide bonds. The van der Waals surface area contributed by atoms with Crippen LogP contribution in [0.1, 0.15) is 56.3 Å². The molecule has 4 saturated carbocycles. The van der Waals surface area contributed by atoms with Crippen molar-refractivity contribution in [2.45, 2.75) is 58.5 Å². The molecule has 1 aromatic heterocycles. The van der Waals surface area contributed by atoms with Crippen molar-refractivity contribution in [3.8, 4) is 5.88 Å². The number of carbonyl (C=O) groups is 2. The van der Waals surface area contributed by atoms with Crippen LogP contribution in [0.2, 0.25) is 0 Å². The molecule has 4 aliphatic rings. The lowest BCUT2D eigenvalue weighted by Crippen LogP contribution is -2.55. The summed E-state index contributed by atoms with van der Waals surface area (Å²) >= 11 is 0. The fourth-order valence-corrected chi connectivity index (χ4v) is 6.38. The van der Waals surface area contributed by atoms with Gasteiger partial charge in [-0.2, -0.15) is 5.10 Å². The normalized spacial score (nSPS) is 26.5. The number of nitrogens with one attached hydrogen (secondary N) is 1. The number of nitrogens with two attached hydrogens (primary N) is 1.